The number of aryl methyl sites for hydroxylation is 3. The van der Waals surface area contributed by atoms with Crippen molar-refractivity contribution in [1.29, 1.82) is 0 Å². The first-order valence-electron chi connectivity index (χ1n) is 8.22. The minimum atomic E-state index is -0.0417. The summed E-state index contributed by atoms with van der Waals surface area (Å²) in [5.74, 6) is 0.273. The number of aromatic nitrogens is 1. The number of carbonyl (C=O) groups is 1. The molecule has 1 aliphatic rings. The van der Waals surface area contributed by atoms with Crippen LogP contribution in [0, 0.1) is 26.7 Å². The quantitative estimate of drug-likeness (QED) is 0.812. The SMILES string of the molecule is Cc1cc(C)c2[nH]c(C(=O)NC[C@@H]3CNCCOC3)c(C)c2c1. The van der Waals surface area contributed by atoms with Gasteiger partial charge in [0.05, 0.1) is 13.2 Å². The lowest BCUT2D eigenvalue weighted by Crippen LogP contribution is -2.35. The topological polar surface area (TPSA) is 66.2 Å². The van der Waals surface area contributed by atoms with Gasteiger partial charge >= 0.3 is 0 Å². The van der Waals surface area contributed by atoms with Gasteiger partial charge in [-0.05, 0) is 38.0 Å². The predicted octanol–water partition coefficient (Wildman–Crippen LogP) is 2.06. The molecule has 5 heteroatoms. The van der Waals surface area contributed by atoms with Gasteiger partial charge in [0.2, 0.25) is 0 Å². The third kappa shape index (κ3) is 3.41. The molecule has 1 aromatic heterocycles. The van der Waals surface area contributed by atoms with E-state index < -0.39 is 0 Å². The standard InChI is InChI=1S/C18H25N3O2/c1-11-6-12(2)16-15(7-11)13(3)17(21-16)18(22)20-9-14-8-19-4-5-23-10-14/h6-7,14,19,21H,4-5,8-10H2,1-3H3,(H,20,22)/t14-/m0/s1. The first-order chi connectivity index (χ1) is 11.1. The summed E-state index contributed by atoms with van der Waals surface area (Å²) in [6.45, 7) is 9.97. The second kappa shape index (κ2) is 6.72. The molecule has 1 saturated heterocycles. The molecule has 2 aromatic rings. The van der Waals surface area contributed by atoms with Gasteiger partial charge in [0.25, 0.3) is 5.91 Å². The van der Waals surface area contributed by atoms with E-state index in [1.54, 1.807) is 0 Å². The summed E-state index contributed by atoms with van der Waals surface area (Å²) < 4.78 is 5.52. The fourth-order valence-electron chi connectivity index (χ4n) is 3.23. The molecule has 1 aromatic carbocycles. The molecular formula is C18H25N3O2. The van der Waals surface area contributed by atoms with Crippen LogP contribution in [0.15, 0.2) is 12.1 Å². The summed E-state index contributed by atoms with van der Waals surface area (Å²) in [4.78, 5) is 15.9. The van der Waals surface area contributed by atoms with Crippen LogP contribution in [0.5, 0.6) is 0 Å². The van der Waals surface area contributed by atoms with Gasteiger partial charge in [-0.3, -0.25) is 4.79 Å². The van der Waals surface area contributed by atoms with Crippen molar-refractivity contribution in [2.24, 2.45) is 5.92 Å². The number of hydrogen-bond donors (Lipinski definition) is 3. The van der Waals surface area contributed by atoms with E-state index in [9.17, 15) is 4.79 Å². The van der Waals surface area contributed by atoms with Crippen LogP contribution < -0.4 is 10.6 Å². The Kier molecular flexibility index (Phi) is 4.68. The van der Waals surface area contributed by atoms with E-state index in [0.717, 1.165) is 36.2 Å². The summed E-state index contributed by atoms with van der Waals surface area (Å²) in [6.07, 6.45) is 0. The van der Waals surface area contributed by atoms with Crippen molar-refractivity contribution in [2.75, 3.05) is 32.8 Å². The van der Waals surface area contributed by atoms with Crippen LogP contribution in [-0.4, -0.2) is 43.7 Å². The Morgan fingerprint density at radius 2 is 2.17 bits per heavy atom. The number of benzene rings is 1. The first kappa shape index (κ1) is 16.0. The Balaban J connectivity index is 1.75. The lowest BCUT2D eigenvalue weighted by molar-refractivity contribution is 0.0917. The Morgan fingerprint density at radius 1 is 1.35 bits per heavy atom. The highest BCUT2D eigenvalue weighted by Gasteiger charge is 2.18. The van der Waals surface area contributed by atoms with Crippen molar-refractivity contribution >= 4 is 16.8 Å². The van der Waals surface area contributed by atoms with E-state index in [2.05, 4.69) is 41.6 Å². The molecule has 0 unspecified atom stereocenters. The Bertz CT molecular complexity index is 713. The highest BCUT2D eigenvalue weighted by Crippen LogP contribution is 2.25. The summed E-state index contributed by atoms with van der Waals surface area (Å²) >= 11 is 0. The number of amides is 1. The minimum absolute atomic E-state index is 0.0417. The van der Waals surface area contributed by atoms with Crippen molar-refractivity contribution in [3.05, 3.63) is 34.5 Å². The van der Waals surface area contributed by atoms with Gasteiger partial charge in [-0.15, -0.1) is 0 Å². The van der Waals surface area contributed by atoms with Gasteiger partial charge in [-0.2, -0.15) is 0 Å². The smallest absolute Gasteiger partial charge is 0.268 e. The highest BCUT2D eigenvalue weighted by atomic mass is 16.5. The van der Waals surface area contributed by atoms with Gasteiger partial charge in [0.1, 0.15) is 5.69 Å². The number of carbonyl (C=O) groups excluding carboxylic acids is 1. The predicted molar refractivity (Wildman–Crippen MR) is 92.0 cm³/mol. The second-order valence-electron chi connectivity index (χ2n) is 6.48. The van der Waals surface area contributed by atoms with Gasteiger partial charge in [-0.25, -0.2) is 0 Å². The van der Waals surface area contributed by atoms with Gasteiger partial charge in [0.15, 0.2) is 0 Å². The maximum atomic E-state index is 12.6. The van der Waals surface area contributed by atoms with Gasteiger partial charge in [-0.1, -0.05) is 11.6 Å². The lowest BCUT2D eigenvalue weighted by atomic mass is 10.1. The van der Waals surface area contributed by atoms with Crippen molar-refractivity contribution in [2.45, 2.75) is 20.8 Å². The Labute approximate surface area is 136 Å². The number of aromatic amines is 1. The first-order valence-corrected chi connectivity index (χ1v) is 8.22. The van der Waals surface area contributed by atoms with Crippen molar-refractivity contribution in [3.8, 4) is 0 Å². The van der Waals surface area contributed by atoms with E-state index in [0.29, 0.717) is 24.8 Å². The molecule has 1 aliphatic heterocycles. The fourth-order valence-corrected chi connectivity index (χ4v) is 3.23. The van der Waals surface area contributed by atoms with E-state index in [-0.39, 0.29) is 5.91 Å². The van der Waals surface area contributed by atoms with Gasteiger partial charge < -0.3 is 20.4 Å². The fraction of sp³-hybridized carbons (Fsp3) is 0.500. The zero-order valence-corrected chi connectivity index (χ0v) is 14.1. The number of H-pyrrole nitrogens is 1. The normalized spacial score (nSPS) is 18.8. The van der Waals surface area contributed by atoms with E-state index >= 15 is 0 Å². The van der Waals surface area contributed by atoms with Crippen LogP contribution in [0.25, 0.3) is 10.9 Å². The average Bonchev–Trinajstić information content (AvgIpc) is 2.71. The average molecular weight is 315 g/mol. The Hall–Kier alpha value is -1.85. The summed E-state index contributed by atoms with van der Waals surface area (Å²) in [6, 6.07) is 4.27. The van der Waals surface area contributed by atoms with E-state index in [4.69, 9.17) is 4.74 Å². The number of nitrogens with one attached hydrogen (secondary N) is 3. The second-order valence-corrected chi connectivity index (χ2v) is 6.48. The zero-order valence-electron chi connectivity index (χ0n) is 14.1. The molecule has 0 saturated carbocycles. The van der Waals surface area contributed by atoms with Crippen LogP contribution in [-0.2, 0) is 4.74 Å². The van der Waals surface area contributed by atoms with Crippen molar-refractivity contribution < 1.29 is 9.53 Å². The maximum Gasteiger partial charge on any atom is 0.268 e. The van der Waals surface area contributed by atoms with E-state index in [1.165, 1.54) is 11.1 Å². The van der Waals surface area contributed by atoms with Crippen LogP contribution in [0.3, 0.4) is 0 Å². The largest absolute Gasteiger partial charge is 0.380 e. The molecule has 1 fully saturated rings. The molecule has 23 heavy (non-hydrogen) atoms. The van der Waals surface area contributed by atoms with Crippen molar-refractivity contribution in [3.63, 3.8) is 0 Å². The third-order valence-electron chi connectivity index (χ3n) is 4.50. The number of ether oxygens (including phenoxy) is 1. The van der Waals surface area contributed by atoms with Gasteiger partial charge in [0, 0.05) is 36.5 Å². The summed E-state index contributed by atoms with van der Waals surface area (Å²) in [7, 11) is 0. The molecule has 0 spiro atoms. The monoisotopic (exact) mass is 315 g/mol. The van der Waals surface area contributed by atoms with Crippen LogP contribution in [0.2, 0.25) is 0 Å². The summed E-state index contributed by atoms with van der Waals surface area (Å²) in [5, 5.41) is 7.50. The number of fused-ring (bicyclic) bond motifs is 1. The Morgan fingerprint density at radius 3 is 3.00 bits per heavy atom. The third-order valence-corrected chi connectivity index (χ3v) is 4.50. The molecule has 2 heterocycles. The molecular weight excluding hydrogens is 290 g/mol. The maximum absolute atomic E-state index is 12.6. The lowest BCUT2D eigenvalue weighted by Gasteiger charge is -2.14. The number of hydrogen-bond acceptors (Lipinski definition) is 3. The van der Waals surface area contributed by atoms with Crippen LogP contribution in [0.1, 0.15) is 27.2 Å². The molecule has 1 amide bonds. The molecule has 0 aliphatic carbocycles. The van der Waals surface area contributed by atoms with Crippen LogP contribution >= 0.6 is 0 Å². The molecule has 5 nitrogen and oxygen atoms in total. The molecule has 0 bridgehead atoms. The highest BCUT2D eigenvalue weighted by molar-refractivity contribution is 6.01. The number of rotatable bonds is 3. The molecule has 1 atom stereocenters. The van der Waals surface area contributed by atoms with Crippen LogP contribution in [0.4, 0.5) is 0 Å². The van der Waals surface area contributed by atoms with E-state index in [1.807, 2.05) is 6.92 Å². The molecule has 3 rings (SSSR count). The molecule has 0 radical (unpaired) electrons. The summed E-state index contributed by atoms with van der Waals surface area (Å²) in [5.41, 5.74) is 5.11. The zero-order chi connectivity index (χ0) is 16.4. The van der Waals surface area contributed by atoms with Crippen molar-refractivity contribution in [1.82, 2.24) is 15.6 Å². The minimum Gasteiger partial charge on any atom is -0.380 e. The molecule has 124 valence electrons. The molecule has 3 N–H and O–H groups in total.